The maximum atomic E-state index is 13.3. The van der Waals surface area contributed by atoms with E-state index in [1.54, 1.807) is 6.33 Å². The van der Waals surface area contributed by atoms with Gasteiger partial charge in [0.15, 0.2) is 0 Å². The molecule has 3 aromatic rings. The molecule has 3 aliphatic rings. The third kappa shape index (κ3) is 3.49. The smallest absolute Gasteiger partial charge is 0.226 e. The molecule has 4 heterocycles. The molecule has 1 atom stereocenters. The second-order valence-corrected chi connectivity index (χ2v) is 10.9. The van der Waals surface area contributed by atoms with Gasteiger partial charge in [0.2, 0.25) is 5.91 Å². The molecule has 1 saturated heterocycles. The van der Waals surface area contributed by atoms with Crippen LogP contribution in [-0.2, 0) is 30.6 Å². The van der Waals surface area contributed by atoms with E-state index in [4.69, 9.17) is 4.98 Å². The number of aryl methyl sites for hydroxylation is 1. The highest BCUT2D eigenvalue weighted by Gasteiger charge is 2.32. The second-order valence-electron chi connectivity index (χ2n) is 9.77. The number of rotatable bonds is 2. The molecule has 2 aliphatic heterocycles. The quantitative estimate of drug-likeness (QED) is 0.576. The minimum Gasteiger partial charge on any atom is -0.356 e. The van der Waals surface area contributed by atoms with Crippen molar-refractivity contribution in [2.75, 3.05) is 24.5 Å². The summed E-state index contributed by atoms with van der Waals surface area (Å²) in [6.45, 7) is 5.76. The van der Waals surface area contributed by atoms with Gasteiger partial charge in [-0.2, -0.15) is 0 Å². The van der Waals surface area contributed by atoms with Gasteiger partial charge in [-0.1, -0.05) is 31.2 Å². The third-order valence-electron chi connectivity index (χ3n) is 7.66. The molecule has 2 aromatic heterocycles. The summed E-state index contributed by atoms with van der Waals surface area (Å²) >= 11 is 1.86. The maximum absolute atomic E-state index is 13.3. The Morgan fingerprint density at radius 1 is 1.03 bits per heavy atom. The molecule has 32 heavy (non-hydrogen) atoms. The van der Waals surface area contributed by atoms with E-state index in [9.17, 15) is 4.79 Å². The van der Waals surface area contributed by atoms with Crippen LogP contribution >= 0.6 is 11.3 Å². The Bertz CT molecular complexity index is 1160. The van der Waals surface area contributed by atoms with Crippen LogP contribution in [0, 0.1) is 11.8 Å². The molecule has 0 bridgehead atoms. The lowest BCUT2D eigenvalue weighted by Gasteiger charge is -2.36. The molecule has 5 nitrogen and oxygen atoms in total. The molecular weight excluding hydrogens is 416 g/mol. The van der Waals surface area contributed by atoms with Gasteiger partial charge in [-0.05, 0) is 61.1 Å². The zero-order chi connectivity index (χ0) is 21.7. The number of fused-ring (bicyclic) bond motifs is 4. The number of aromatic nitrogens is 2. The lowest BCUT2D eigenvalue weighted by molar-refractivity contribution is -0.137. The number of carbonyl (C=O) groups is 1. The van der Waals surface area contributed by atoms with Gasteiger partial charge in [-0.15, -0.1) is 11.3 Å². The summed E-state index contributed by atoms with van der Waals surface area (Å²) in [5, 5.41) is 1.29. The highest BCUT2D eigenvalue weighted by molar-refractivity contribution is 7.19. The molecule has 6 heteroatoms. The van der Waals surface area contributed by atoms with Crippen molar-refractivity contribution < 1.29 is 4.79 Å². The lowest BCUT2D eigenvalue weighted by Crippen LogP contribution is -2.44. The molecule has 1 unspecified atom stereocenters. The third-order valence-corrected chi connectivity index (χ3v) is 8.82. The van der Waals surface area contributed by atoms with Crippen molar-refractivity contribution in [1.82, 2.24) is 14.9 Å². The van der Waals surface area contributed by atoms with E-state index < -0.39 is 0 Å². The minimum atomic E-state index is 0.131. The Morgan fingerprint density at radius 3 is 2.69 bits per heavy atom. The first-order valence-electron chi connectivity index (χ1n) is 12.0. The molecule has 166 valence electrons. The van der Waals surface area contributed by atoms with Crippen LogP contribution in [0.3, 0.4) is 0 Å². The van der Waals surface area contributed by atoms with Crippen LogP contribution in [0.2, 0.25) is 0 Å². The number of piperidine rings is 1. The van der Waals surface area contributed by atoms with Gasteiger partial charge in [0.1, 0.15) is 17.0 Å². The minimum absolute atomic E-state index is 0.131. The van der Waals surface area contributed by atoms with Crippen LogP contribution in [0.1, 0.15) is 47.8 Å². The monoisotopic (exact) mass is 446 g/mol. The molecule has 1 fully saturated rings. The summed E-state index contributed by atoms with van der Waals surface area (Å²) < 4.78 is 0. The van der Waals surface area contributed by atoms with E-state index in [-0.39, 0.29) is 5.92 Å². The van der Waals surface area contributed by atoms with Crippen molar-refractivity contribution in [3.8, 4) is 0 Å². The highest BCUT2D eigenvalue weighted by atomic mass is 32.1. The molecule has 0 radical (unpaired) electrons. The zero-order valence-corrected chi connectivity index (χ0v) is 19.5. The SMILES string of the molecule is CC1CCc2c(sc3ncnc(N4CCC(C(=O)N5CCc6ccccc6C5)CC4)c23)C1. The largest absolute Gasteiger partial charge is 0.356 e. The Balaban J connectivity index is 1.17. The standard InChI is InChI=1S/C26H30N4OS/c1-17-6-7-21-22(14-17)32-25-23(21)24(27-16-28-25)29-11-9-19(10-12-29)26(31)30-13-8-18-4-2-3-5-20(18)15-30/h2-5,16-17,19H,6-15H2,1H3. The van der Waals surface area contributed by atoms with Crippen LogP contribution in [0.5, 0.6) is 0 Å². The summed E-state index contributed by atoms with van der Waals surface area (Å²) in [6, 6.07) is 8.54. The number of anilines is 1. The average molecular weight is 447 g/mol. The number of carbonyl (C=O) groups excluding carboxylic acids is 1. The van der Waals surface area contributed by atoms with Gasteiger partial charge in [-0.25, -0.2) is 9.97 Å². The van der Waals surface area contributed by atoms with Gasteiger partial charge in [0, 0.05) is 37.0 Å². The number of amides is 1. The molecule has 0 saturated carbocycles. The molecular formula is C26H30N4OS. The van der Waals surface area contributed by atoms with Gasteiger partial charge in [0.25, 0.3) is 0 Å². The van der Waals surface area contributed by atoms with Gasteiger partial charge >= 0.3 is 0 Å². The Labute approximate surface area is 193 Å². The molecule has 0 N–H and O–H groups in total. The maximum Gasteiger partial charge on any atom is 0.226 e. The van der Waals surface area contributed by atoms with Crippen molar-refractivity contribution in [1.29, 1.82) is 0 Å². The molecule has 6 rings (SSSR count). The fraction of sp³-hybridized carbons (Fsp3) is 0.500. The number of nitrogens with zero attached hydrogens (tertiary/aromatic N) is 4. The van der Waals surface area contributed by atoms with E-state index in [2.05, 4.69) is 46.0 Å². The first kappa shape index (κ1) is 20.2. The van der Waals surface area contributed by atoms with Gasteiger partial charge in [-0.3, -0.25) is 4.79 Å². The van der Waals surface area contributed by atoms with Crippen molar-refractivity contribution in [2.24, 2.45) is 11.8 Å². The summed E-state index contributed by atoms with van der Waals surface area (Å²) in [5.74, 6) is 2.33. The number of benzene rings is 1. The topological polar surface area (TPSA) is 49.3 Å². The van der Waals surface area contributed by atoms with Crippen molar-refractivity contribution in [3.05, 3.63) is 52.2 Å². The Morgan fingerprint density at radius 2 is 1.84 bits per heavy atom. The Kier molecular flexibility index (Phi) is 5.13. The predicted octanol–water partition coefficient (Wildman–Crippen LogP) is 4.62. The molecule has 1 aromatic carbocycles. The summed E-state index contributed by atoms with van der Waals surface area (Å²) in [6.07, 6.45) is 8.08. The fourth-order valence-electron chi connectivity index (χ4n) is 5.78. The number of thiophene rings is 1. The zero-order valence-electron chi connectivity index (χ0n) is 18.7. The van der Waals surface area contributed by atoms with Crippen molar-refractivity contribution >= 4 is 33.3 Å². The van der Waals surface area contributed by atoms with Crippen LogP contribution in [0.25, 0.3) is 10.2 Å². The van der Waals surface area contributed by atoms with E-state index in [1.807, 2.05) is 11.3 Å². The van der Waals surface area contributed by atoms with E-state index in [0.717, 1.165) is 68.4 Å². The normalized spacial score (nSPS) is 21.5. The summed E-state index contributed by atoms with van der Waals surface area (Å²) in [4.78, 5) is 29.8. The first-order valence-corrected chi connectivity index (χ1v) is 12.8. The van der Waals surface area contributed by atoms with E-state index in [1.165, 1.54) is 39.8 Å². The van der Waals surface area contributed by atoms with Crippen molar-refractivity contribution in [3.63, 3.8) is 0 Å². The van der Waals surface area contributed by atoms with E-state index >= 15 is 0 Å². The fourth-order valence-corrected chi connectivity index (χ4v) is 7.12. The molecule has 1 amide bonds. The summed E-state index contributed by atoms with van der Waals surface area (Å²) in [7, 11) is 0. The van der Waals surface area contributed by atoms with Crippen LogP contribution < -0.4 is 4.90 Å². The van der Waals surface area contributed by atoms with Crippen molar-refractivity contribution in [2.45, 2.75) is 52.0 Å². The van der Waals surface area contributed by atoms with Gasteiger partial charge < -0.3 is 9.80 Å². The van der Waals surface area contributed by atoms with E-state index in [0.29, 0.717) is 5.91 Å². The number of hydrogen-bond acceptors (Lipinski definition) is 5. The second kappa shape index (κ2) is 8.14. The van der Waals surface area contributed by atoms with Crippen LogP contribution in [-0.4, -0.2) is 40.4 Å². The van der Waals surface area contributed by atoms with Crippen LogP contribution in [0.15, 0.2) is 30.6 Å². The molecule has 0 spiro atoms. The first-order chi connectivity index (χ1) is 15.7. The predicted molar refractivity (Wildman–Crippen MR) is 129 cm³/mol. The lowest BCUT2D eigenvalue weighted by atomic mass is 9.89. The number of hydrogen-bond donors (Lipinski definition) is 0. The highest BCUT2D eigenvalue weighted by Crippen LogP contribution is 2.41. The average Bonchev–Trinajstić information content (AvgIpc) is 3.21. The van der Waals surface area contributed by atoms with Crippen LogP contribution in [0.4, 0.5) is 5.82 Å². The van der Waals surface area contributed by atoms with Gasteiger partial charge in [0.05, 0.1) is 5.39 Å². The Hall–Kier alpha value is -2.47. The summed E-state index contributed by atoms with van der Waals surface area (Å²) in [5.41, 5.74) is 4.20. The molecule has 1 aliphatic carbocycles.